The van der Waals surface area contributed by atoms with E-state index in [0.717, 1.165) is 43.3 Å². The van der Waals surface area contributed by atoms with Crippen LogP contribution in [0, 0.1) is 18.3 Å². The third kappa shape index (κ3) is 3.49. The van der Waals surface area contributed by atoms with Crippen LogP contribution in [0.25, 0.3) is 0 Å². The number of nitrogens with one attached hydrogen (secondary N) is 1. The van der Waals surface area contributed by atoms with E-state index in [2.05, 4.69) is 33.5 Å². The molecule has 1 aliphatic rings. The molecular weight excluding hydrogens is 286 g/mol. The molecule has 0 aliphatic carbocycles. The van der Waals surface area contributed by atoms with Crippen molar-refractivity contribution in [2.45, 2.75) is 25.7 Å². The summed E-state index contributed by atoms with van der Waals surface area (Å²) < 4.78 is 0. The van der Waals surface area contributed by atoms with Crippen LogP contribution in [0.1, 0.15) is 35.6 Å². The van der Waals surface area contributed by atoms with Gasteiger partial charge in [-0.15, -0.1) is 0 Å². The lowest BCUT2D eigenvalue weighted by Gasteiger charge is -2.25. The highest BCUT2D eigenvalue weighted by atomic mass is 15.2. The number of aryl methyl sites for hydroxylation is 1. The van der Waals surface area contributed by atoms with Crippen molar-refractivity contribution in [1.29, 1.82) is 5.26 Å². The molecule has 2 aromatic rings. The van der Waals surface area contributed by atoms with Crippen molar-refractivity contribution >= 4 is 11.6 Å². The van der Waals surface area contributed by atoms with Gasteiger partial charge in [0.15, 0.2) is 0 Å². The summed E-state index contributed by atoms with van der Waals surface area (Å²) >= 11 is 0. The molecule has 0 bridgehead atoms. The maximum atomic E-state index is 9.05. The number of anilines is 2. The largest absolute Gasteiger partial charge is 0.317 e. The first-order chi connectivity index (χ1) is 11.2. The molecule has 1 saturated heterocycles. The van der Waals surface area contributed by atoms with E-state index in [-0.39, 0.29) is 0 Å². The average molecular weight is 307 g/mol. The average Bonchev–Trinajstić information content (AvgIpc) is 2.61. The number of rotatable bonds is 3. The van der Waals surface area contributed by atoms with Crippen LogP contribution in [0.5, 0.6) is 0 Å². The molecule has 118 valence electrons. The summed E-state index contributed by atoms with van der Waals surface area (Å²) in [5.41, 5.74) is 2.96. The minimum Gasteiger partial charge on any atom is -0.317 e. The Balaban J connectivity index is 1.92. The Hall–Kier alpha value is -2.45. The van der Waals surface area contributed by atoms with E-state index in [4.69, 9.17) is 5.26 Å². The fourth-order valence-electron chi connectivity index (χ4n) is 3.03. The number of aromatic nitrogens is 2. The highest BCUT2D eigenvalue weighted by Crippen LogP contribution is 2.29. The maximum Gasteiger partial charge on any atom is 0.135 e. The van der Waals surface area contributed by atoms with Crippen molar-refractivity contribution in [1.82, 2.24) is 15.3 Å². The Morgan fingerprint density at radius 3 is 2.74 bits per heavy atom. The monoisotopic (exact) mass is 307 g/mol. The van der Waals surface area contributed by atoms with Gasteiger partial charge in [0.1, 0.15) is 11.6 Å². The Bertz CT molecular complexity index is 728. The number of pyridine rings is 2. The van der Waals surface area contributed by atoms with Gasteiger partial charge in [0, 0.05) is 18.9 Å². The number of hydrogen-bond acceptors (Lipinski definition) is 5. The summed E-state index contributed by atoms with van der Waals surface area (Å²) in [6, 6.07) is 9.99. The fourth-order valence-corrected chi connectivity index (χ4v) is 3.03. The molecule has 5 heteroatoms. The number of nitriles is 1. The molecule has 1 N–H and O–H groups in total. The van der Waals surface area contributed by atoms with E-state index in [1.54, 1.807) is 18.3 Å². The molecule has 1 aliphatic heterocycles. The first-order valence-corrected chi connectivity index (χ1v) is 7.96. The van der Waals surface area contributed by atoms with Crippen molar-refractivity contribution in [3.63, 3.8) is 0 Å². The molecule has 1 fully saturated rings. The first-order valence-electron chi connectivity index (χ1n) is 7.96. The summed E-state index contributed by atoms with van der Waals surface area (Å²) in [5.74, 6) is 2.20. The van der Waals surface area contributed by atoms with E-state index >= 15 is 0 Å². The van der Waals surface area contributed by atoms with Gasteiger partial charge in [-0.1, -0.05) is 0 Å². The summed E-state index contributed by atoms with van der Waals surface area (Å²) in [6.07, 6.45) is 3.98. The van der Waals surface area contributed by atoms with Gasteiger partial charge in [-0.05, 0) is 68.6 Å². The molecule has 3 heterocycles. The zero-order chi connectivity index (χ0) is 16.2. The summed E-state index contributed by atoms with van der Waals surface area (Å²) in [7, 11) is 1.94. The molecule has 5 nitrogen and oxygen atoms in total. The van der Waals surface area contributed by atoms with Crippen LogP contribution in [0.4, 0.5) is 11.6 Å². The van der Waals surface area contributed by atoms with Crippen LogP contribution in [-0.2, 0) is 0 Å². The van der Waals surface area contributed by atoms with Crippen LogP contribution >= 0.6 is 0 Å². The van der Waals surface area contributed by atoms with Crippen LogP contribution < -0.4 is 10.2 Å². The van der Waals surface area contributed by atoms with Gasteiger partial charge in [-0.25, -0.2) is 9.97 Å². The Morgan fingerprint density at radius 2 is 2.00 bits per heavy atom. The van der Waals surface area contributed by atoms with E-state index in [1.807, 2.05) is 18.9 Å². The molecule has 0 unspecified atom stereocenters. The van der Waals surface area contributed by atoms with Crippen molar-refractivity contribution in [3.8, 4) is 6.07 Å². The Labute approximate surface area is 137 Å². The zero-order valence-electron chi connectivity index (χ0n) is 13.6. The highest BCUT2D eigenvalue weighted by Gasteiger charge is 2.18. The van der Waals surface area contributed by atoms with Crippen LogP contribution in [0.15, 0.2) is 30.5 Å². The second kappa shape index (κ2) is 6.76. The van der Waals surface area contributed by atoms with Gasteiger partial charge in [-0.2, -0.15) is 5.26 Å². The Morgan fingerprint density at radius 1 is 1.22 bits per heavy atom. The summed E-state index contributed by atoms with van der Waals surface area (Å²) in [5, 5.41) is 12.5. The first kappa shape index (κ1) is 15.4. The summed E-state index contributed by atoms with van der Waals surface area (Å²) in [6.45, 7) is 4.17. The molecular formula is C18H21N5. The minimum atomic E-state index is 0.587. The third-order valence-corrected chi connectivity index (χ3v) is 4.33. The molecule has 23 heavy (non-hydrogen) atoms. The predicted molar refractivity (Wildman–Crippen MR) is 90.8 cm³/mol. The Kier molecular flexibility index (Phi) is 4.54. The lowest BCUT2D eigenvalue weighted by molar-refractivity contribution is 0.460. The fraction of sp³-hybridized carbons (Fsp3) is 0.389. The van der Waals surface area contributed by atoms with E-state index in [0.29, 0.717) is 11.5 Å². The van der Waals surface area contributed by atoms with Crippen molar-refractivity contribution in [2.75, 3.05) is 25.0 Å². The molecule has 0 spiro atoms. The van der Waals surface area contributed by atoms with Gasteiger partial charge >= 0.3 is 0 Å². The van der Waals surface area contributed by atoms with Crippen molar-refractivity contribution in [2.24, 2.45) is 0 Å². The molecule has 0 radical (unpaired) electrons. The van der Waals surface area contributed by atoms with Crippen molar-refractivity contribution < 1.29 is 0 Å². The van der Waals surface area contributed by atoms with Gasteiger partial charge in [0.25, 0.3) is 0 Å². The van der Waals surface area contributed by atoms with Crippen LogP contribution in [0.3, 0.4) is 0 Å². The maximum absolute atomic E-state index is 9.05. The topological polar surface area (TPSA) is 64.8 Å². The molecule has 0 amide bonds. The van der Waals surface area contributed by atoms with Crippen molar-refractivity contribution in [3.05, 3.63) is 47.3 Å². The molecule has 3 rings (SSSR count). The number of piperidine rings is 1. The normalized spacial score (nSPS) is 15.2. The molecule has 0 aromatic carbocycles. The molecule has 2 aromatic heterocycles. The van der Waals surface area contributed by atoms with Gasteiger partial charge < -0.3 is 10.2 Å². The van der Waals surface area contributed by atoms with E-state index in [9.17, 15) is 0 Å². The standard InChI is InChI=1S/C18H21N5/c1-13-9-16(15-4-6-20-7-5-15)11-18(22-13)23(2)17-10-14(12-19)3-8-21-17/h3,8-11,15,20H,4-7H2,1-2H3. The van der Waals surface area contributed by atoms with Gasteiger partial charge in [0.05, 0.1) is 11.6 Å². The van der Waals surface area contributed by atoms with Gasteiger partial charge in [0.2, 0.25) is 0 Å². The molecule has 0 atom stereocenters. The second-order valence-electron chi connectivity index (χ2n) is 6.00. The molecule has 0 saturated carbocycles. The van der Waals surface area contributed by atoms with E-state index < -0.39 is 0 Å². The zero-order valence-corrected chi connectivity index (χ0v) is 13.6. The smallest absolute Gasteiger partial charge is 0.135 e. The van der Waals surface area contributed by atoms with Crippen LogP contribution in [-0.4, -0.2) is 30.1 Å². The predicted octanol–water partition coefficient (Wildman–Crippen LogP) is 2.89. The third-order valence-electron chi connectivity index (χ3n) is 4.33. The minimum absolute atomic E-state index is 0.587. The van der Waals surface area contributed by atoms with Gasteiger partial charge in [-0.3, -0.25) is 0 Å². The second-order valence-corrected chi connectivity index (χ2v) is 6.00. The number of hydrogen-bond donors (Lipinski definition) is 1. The van der Waals surface area contributed by atoms with E-state index in [1.165, 1.54) is 5.56 Å². The highest BCUT2D eigenvalue weighted by molar-refractivity contribution is 5.58. The van der Waals surface area contributed by atoms with Crippen LogP contribution in [0.2, 0.25) is 0 Å². The lowest BCUT2D eigenvalue weighted by Crippen LogP contribution is -2.26. The summed E-state index contributed by atoms with van der Waals surface area (Å²) in [4.78, 5) is 11.0. The quantitative estimate of drug-likeness (QED) is 0.944. The lowest BCUT2D eigenvalue weighted by atomic mass is 9.90. The SMILES string of the molecule is Cc1cc(C2CCNCC2)cc(N(C)c2cc(C#N)ccn2)n1. The number of nitrogens with zero attached hydrogens (tertiary/aromatic N) is 4.